The summed E-state index contributed by atoms with van der Waals surface area (Å²) in [5, 5.41) is 2.91. The fourth-order valence-electron chi connectivity index (χ4n) is 3.37. The van der Waals surface area contributed by atoms with E-state index in [4.69, 9.17) is 0 Å². The van der Waals surface area contributed by atoms with E-state index in [1.807, 2.05) is 43.3 Å². The number of carbonyl (C=O) groups excluding carboxylic acids is 3. The second-order valence-corrected chi connectivity index (χ2v) is 7.78. The van der Waals surface area contributed by atoms with E-state index in [0.717, 1.165) is 11.1 Å². The lowest BCUT2D eigenvalue weighted by Crippen LogP contribution is -2.32. The molecule has 1 N–H and O–H groups in total. The highest BCUT2D eigenvalue weighted by atomic mass is 16.2. The van der Waals surface area contributed by atoms with Gasteiger partial charge in [0, 0.05) is 45.7 Å². The van der Waals surface area contributed by atoms with Crippen LogP contribution in [0, 0.1) is 12.8 Å². The maximum absolute atomic E-state index is 12.5. The summed E-state index contributed by atoms with van der Waals surface area (Å²) in [6, 6.07) is 15.3. The molecule has 1 aliphatic heterocycles. The van der Waals surface area contributed by atoms with Crippen LogP contribution >= 0.6 is 0 Å². The van der Waals surface area contributed by atoms with Gasteiger partial charge in [-0.05, 0) is 30.2 Å². The monoisotopic (exact) mass is 393 g/mol. The molecule has 1 aliphatic rings. The van der Waals surface area contributed by atoms with Crippen molar-refractivity contribution in [3.05, 3.63) is 70.8 Å². The van der Waals surface area contributed by atoms with Crippen molar-refractivity contribution in [2.75, 3.05) is 20.6 Å². The van der Waals surface area contributed by atoms with E-state index in [2.05, 4.69) is 5.32 Å². The molecule has 1 atom stereocenters. The van der Waals surface area contributed by atoms with Crippen molar-refractivity contribution in [2.24, 2.45) is 5.92 Å². The molecular weight excluding hydrogens is 366 g/mol. The SMILES string of the molecule is Cc1ccc(CN2CC(C(=O)NCc3ccc(C(=O)N(C)C)cc3)CC2=O)cc1. The Kier molecular flexibility index (Phi) is 6.32. The van der Waals surface area contributed by atoms with Crippen molar-refractivity contribution in [1.29, 1.82) is 0 Å². The second kappa shape index (κ2) is 8.90. The van der Waals surface area contributed by atoms with Gasteiger partial charge in [0.2, 0.25) is 11.8 Å². The molecule has 2 aromatic rings. The maximum Gasteiger partial charge on any atom is 0.253 e. The van der Waals surface area contributed by atoms with Gasteiger partial charge in [-0.1, -0.05) is 42.0 Å². The summed E-state index contributed by atoms with van der Waals surface area (Å²) < 4.78 is 0. The fraction of sp³-hybridized carbons (Fsp3) is 0.348. The normalized spacial score (nSPS) is 16.0. The summed E-state index contributed by atoms with van der Waals surface area (Å²) in [5.74, 6) is -0.489. The third kappa shape index (κ3) is 5.22. The van der Waals surface area contributed by atoms with Gasteiger partial charge >= 0.3 is 0 Å². The Balaban J connectivity index is 1.51. The van der Waals surface area contributed by atoms with E-state index in [9.17, 15) is 14.4 Å². The topological polar surface area (TPSA) is 69.7 Å². The fourth-order valence-corrected chi connectivity index (χ4v) is 3.37. The molecule has 3 rings (SSSR count). The van der Waals surface area contributed by atoms with Crippen LogP contribution in [-0.4, -0.2) is 48.2 Å². The molecule has 6 heteroatoms. The van der Waals surface area contributed by atoms with E-state index in [-0.39, 0.29) is 30.1 Å². The quantitative estimate of drug-likeness (QED) is 0.819. The van der Waals surface area contributed by atoms with E-state index >= 15 is 0 Å². The Hall–Kier alpha value is -3.15. The molecule has 29 heavy (non-hydrogen) atoms. The summed E-state index contributed by atoms with van der Waals surface area (Å²) in [7, 11) is 3.42. The van der Waals surface area contributed by atoms with Crippen LogP contribution in [0.3, 0.4) is 0 Å². The molecule has 1 unspecified atom stereocenters. The number of nitrogens with zero attached hydrogens (tertiary/aromatic N) is 2. The molecule has 1 saturated heterocycles. The Bertz CT molecular complexity index is 889. The van der Waals surface area contributed by atoms with Gasteiger partial charge in [-0.2, -0.15) is 0 Å². The third-order valence-electron chi connectivity index (χ3n) is 5.15. The highest BCUT2D eigenvalue weighted by Crippen LogP contribution is 2.21. The summed E-state index contributed by atoms with van der Waals surface area (Å²) >= 11 is 0. The zero-order valence-corrected chi connectivity index (χ0v) is 17.1. The van der Waals surface area contributed by atoms with Gasteiger partial charge in [0.15, 0.2) is 0 Å². The number of amides is 3. The predicted molar refractivity (Wildman–Crippen MR) is 111 cm³/mol. The number of benzene rings is 2. The first-order valence-electron chi connectivity index (χ1n) is 9.75. The minimum atomic E-state index is -0.331. The molecule has 152 valence electrons. The van der Waals surface area contributed by atoms with E-state index < -0.39 is 0 Å². The highest BCUT2D eigenvalue weighted by Gasteiger charge is 2.34. The number of carbonyl (C=O) groups is 3. The Morgan fingerprint density at radius 1 is 1.03 bits per heavy atom. The first-order valence-corrected chi connectivity index (χ1v) is 9.75. The van der Waals surface area contributed by atoms with Crippen LogP contribution in [0.15, 0.2) is 48.5 Å². The molecule has 3 amide bonds. The number of hydrogen-bond donors (Lipinski definition) is 1. The van der Waals surface area contributed by atoms with Crippen LogP contribution < -0.4 is 5.32 Å². The van der Waals surface area contributed by atoms with Crippen LogP contribution in [0.1, 0.15) is 33.5 Å². The Morgan fingerprint density at radius 2 is 1.66 bits per heavy atom. The molecule has 0 radical (unpaired) electrons. The van der Waals surface area contributed by atoms with Crippen LogP contribution in [0.25, 0.3) is 0 Å². The first-order chi connectivity index (χ1) is 13.8. The van der Waals surface area contributed by atoms with Gasteiger partial charge in [-0.15, -0.1) is 0 Å². The van der Waals surface area contributed by atoms with Crippen molar-refractivity contribution < 1.29 is 14.4 Å². The van der Waals surface area contributed by atoms with Crippen molar-refractivity contribution in [2.45, 2.75) is 26.4 Å². The largest absolute Gasteiger partial charge is 0.352 e. The van der Waals surface area contributed by atoms with Crippen molar-refractivity contribution in [3.8, 4) is 0 Å². The molecule has 0 spiro atoms. The first kappa shape index (κ1) is 20.6. The standard InChI is InChI=1S/C23H27N3O3/c1-16-4-6-18(7-5-16)14-26-15-20(12-21(26)27)22(28)24-13-17-8-10-19(11-9-17)23(29)25(2)3/h4-11,20H,12-15H2,1-3H3,(H,24,28). The number of rotatable bonds is 6. The van der Waals surface area contributed by atoms with E-state index in [1.165, 1.54) is 10.5 Å². The molecule has 6 nitrogen and oxygen atoms in total. The predicted octanol–water partition coefficient (Wildman–Crippen LogP) is 2.36. The molecule has 2 aromatic carbocycles. The molecule has 1 heterocycles. The maximum atomic E-state index is 12.5. The lowest BCUT2D eigenvalue weighted by atomic mass is 10.1. The number of likely N-dealkylation sites (tertiary alicyclic amines) is 1. The van der Waals surface area contributed by atoms with Crippen molar-refractivity contribution in [3.63, 3.8) is 0 Å². The minimum Gasteiger partial charge on any atom is -0.352 e. The zero-order valence-electron chi connectivity index (χ0n) is 17.1. The van der Waals surface area contributed by atoms with Crippen LogP contribution in [-0.2, 0) is 22.7 Å². The van der Waals surface area contributed by atoms with Gasteiger partial charge in [0.1, 0.15) is 0 Å². The highest BCUT2D eigenvalue weighted by molar-refractivity contribution is 5.94. The van der Waals surface area contributed by atoms with Crippen molar-refractivity contribution in [1.82, 2.24) is 15.1 Å². The second-order valence-electron chi connectivity index (χ2n) is 7.78. The number of nitrogens with one attached hydrogen (secondary N) is 1. The Labute approximate surface area is 171 Å². The third-order valence-corrected chi connectivity index (χ3v) is 5.15. The zero-order chi connectivity index (χ0) is 21.0. The van der Waals surface area contributed by atoms with Crippen molar-refractivity contribution >= 4 is 17.7 Å². The smallest absolute Gasteiger partial charge is 0.253 e. The van der Waals surface area contributed by atoms with Crippen LogP contribution in [0.2, 0.25) is 0 Å². The summed E-state index contributed by atoms with van der Waals surface area (Å²) in [4.78, 5) is 40.0. The minimum absolute atomic E-state index is 0.0114. The van der Waals surface area contributed by atoms with Crippen LogP contribution in [0.4, 0.5) is 0 Å². The number of hydrogen-bond acceptors (Lipinski definition) is 3. The van der Waals surface area contributed by atoms with Gasteiger partial charge in [-0.3, -0.25) is 14.4 Å². The molecule has 0 saturated carbocycles. The number of aryl methyl sites for hydroxylation is 1. The van der Waals surface area contributed by atoms with E-state index in [1.54, 1.807) is 31.1 Å². The lowest BCUT2D eigenvalue weighted by Gasteiger charge is -2.17. The molecule has 0 aromatic heterocycles. The van der Waals surface area contributed by atoms with Gasteiger partial charge in [0.05, 0.1) is 5.92 Å². The lowest BCUT2D eigenvalue weighted by molar-refractivity contribution is -0.129. The van der Waals surface area contributed by atoms with E-state index in [0.29, 0.717) is 25.2 Å². The molecule has 1 fully saturated rings. The van der Waals surface area contributed by atoms with Crippen LogP contribution in [0.5, 0.6) is 0 Å². The molecule has 0 aliphatic carbocycles. The average Bonchev–Trinajstić information content (AvgIpc) is 3.08. The summed E-state index contributed by atoms with van der Waals surface area (Å²) in [6.45, 7) is 3.37. The molecular formula is C23H27N3O3. The van der Waals surface area contributed by atoms with Gasteiger partial charge in [0.25, 0.3) is 5.91 Å². The Morgan fingerprint density at radius 3 is 2.28 bits per heavy atom. The summed E-state index contributed by atoms with van der Waals surface area (Å²) in [5.41, 5.74) is 3.77. The van der Waals surface area contributed by atoms with Gasteiger partial charge < -0.3 is 15.1 Å². The summed E-state index contributed by atoms with van der Waals surface area (Å²) in [6.07, 6.45) is 0.244. The van der Waals surface area contributed by atoms with Gasteiger partial charge in [-0.25, -0.2) is 0 Å². The molecule has 0 bridgehead atoms. The average molecular weight is 393 g/mol.